The van der Waals surface area contributed by atoms with E-state index in [9.17, 15) is 0 Å². The molecule has 1 N–H and O–H groups in total. The van der Waals surface area contributed by atoms with Crippen LogP contribution in [0.2, 0.25) is 0 Å². The third-order valence-corrected chi connectivity index (χ3v) is 2.92. The Morgan fingerprint density at radius 2 is 2.29 bits per heavy atom. The highest BCUT2D eigenvalue weighted by Crippen LogP contribution is 2.13. The van der Waals surface area contributed by atoms with E-state index < -0.39 is 0 Å². The van der Waals surface area contributed by atoms with Crippen molar-refractivity contribution in [2.24, 2.45) is 0 Å². The Kier molecular flexibility index (Phi) is 3.94. The van der Waals surface area contributed by atoms with E-state index in [1.54, 1.807) is 0 Å². The molecule has 3 nitrogen and oxygen atoms in total. The van der Waals surface area contributed by atoms with Gasteiger partial charge in [-0.05, 0) is 19.4 Å². The number of benzene rings is 1. The number of rotatable bonds is 5. The van der Waals surface area contributed by atoms with Crippen LogP contribution in [0.5, 0.6) is 0 Å². The first kappa shape index (κ1) is 11.9. The number of aryl methyl sites for hydroxylation is 1. The van der Waals surface area contributed by atoms with E-state index in [0.717, 1.165) is 13.1 Å². The fraction of sp³-hybridized carbons (Fsp3) is 0.357. The van der Waals surface area contributed by atoms with Crippen molar-refractivity contribution in [3.05, 3.63) is 54.1 Å². The third-order valence-electron chi connectivity index (χ3n) is 2.92. The van der Waals surface area contributed by atoms with Crippen LogP contribution in [-0.4, -0.2) is 16.1 Å². The first-order valence-electron chi connectivity index (χ1n) is 6.01. The van der Waals surface area contributed by atoms with Gasteiger partial charge in [-0.2, -0.15) is 0 Å². The summed E-state index contributed by atoms with van der Waals surface area (Å²) in [6.07, 6.45) is 5.64. The molecule has 0 aliphatic carbocycles. The van der Waals surface area contributed by atoms with E-state index in [2.05, 4.69) is 53.0 Å². The Morgan fingerprint density at radius 1 is 1.41 bits per heavy atom. The molecule has 0 bridgehead atoms. The van der Waals surface area contributed by atoms with Gasteiger partial charge in [0.1, 0.15) is 0 Å². The van der Waals surface area contributed by atoms with Gasteiger partial charge in [-0.15, -0.1) is 0 Å². The molecule has 1 atom stereocenters. The van der Waals surface area contributed by atoms with E-state index in [4.69, 9.17) is 0 Å². The van der Waals surface area contributed by atoms with Crippen LogP contribution in [-0.2, 0) is 6.54 Å². The lowest BCUT2D eigenvalue weighted by Gasteiger charge is -2.15. The quantitative estimate of drug-likeness (QED) is 0.854. The fourth-order valence-electron chi connectivity index (χ4n) is 1.89. The van der Waals surface area contributed by atoms with Crippen molar-refractivity contribution in [1.82, 2.24) is 14.9 Å². The summed E-state index contributed by atoms with van der Waals surface area (Å²) in [5.41, 5.74) is 2.65. The van der Waals surface area contributed by atoms with Crippen LogP contribution in [0.4, 0.5) is 0 Å². The van der Waals surface area contributed by atoms with E-state index in [-0.39, 0.29) is 0 Å². The van der Waals surface area contributed by atoms with E-state index in [1.165, 1.54) is 11.1 Å². The summed E-state index contributed by atoms with van der Waals surface area (Å²) >= 11 is 0. The molecule has 90 valence electrons. The maximum atomic E-state index is 4.02. The summed E-state index contributed by atoms with van der Waals surface area (Å²) in [6, 6.07) is 9.02. The standard InChI is InChI=1S/C14H19N3/c1-12-4-3-5-14(10-12)13(2)16-7-9-17-8-6-15-11-17/h3-6,8,10-11,13,16H,7,9H2,1-2H3. The normalized spacial score (nSPS) is 12.6. The van der Waals surface area contributed by atoms with Gasteiger partial charge in [-0.1, -0.05) is 29.8 Å². The van der Waals surface area contributed by atoms with Crippen molar-refractivity contribution in [3.8, 4) is 0 Å². The molecular weight excluding hydrogens is 210 g/mol. The zero-order chi connectivity index (χ0) is 12.1. The minimum Gasteiger partial charge on any atom is -0.336 e. The molecule has 0 aliphatic heterocycles. The predicted octanol–water partition coefficient (Wildman–Crippen LogP) is 2.54. The lowest BCUT2D eigenvalue weighted by molar-refractivity contribution is 0.531. The maximum absolute atomic E-state index is 4.02. The van der Waals surface area contributed by atoms with Crippen molar-refractivity contribution >= 4 is 0 Å². The predicted molar refractivity (Wildman–Crippen MR) is 69.8 cm³/mol. The molecule has 0 fully saturated rings. The second kappa shape index (κ2) is 5.64. The van der Waals surface area contributed by atoms with Crippen LogP contribution in [0.25, 0.3) is 0 Å². The highest BCUT2D eigenvalue weighted by molar-refractivity contribution is 5.24. The Bertz CT molecular complexity index is 448. The molecule has 1 unspecified atom stereocenters. The monoisotopic (exact) mass is 229 g/mol. The van der Waals surface area contributed by atoms with Gasteiger partial charge in [-0.25, -0.2) is 4.98 Å². The number of aromatic nitrogens is 2. The average Bonchev–Trinajstić information content (AvgIpc) is 2.82. The molecule has 2 aromatic rings. The van der Waals surface area contributed by atoms with Crippen LogP contribution in [0.3, 0.4) is 0 Å². The molecule has 0 aliphatic rings. The maximum Gasteiger partial charge on any atom is 0.0946 e. The number of imidazole rings is 1. The molecule has 2 rings (SSSR count). The summed E-state index contributed by atoms with van der Waals surface area (Å²) in [5, 5.41) is 3.52. The smallest absolute Gasteiger partial charge is 0.0946 e. The summed E-state index contributed by atoms with van der Waals surface area (Å²) in [5.74, 6) is 0. The van der Waals surface area contributed by atoms with Gasteiger partial charge in [-0.3, -0.25) is 0 Å². The van der Waals surface area contributed by atoms with Crippen molar-refractivity contribution in [1.29, 1.82) is 0 Å². The molecule has 1 aromatic carbocycles. The molecule has 0 saturated carbocycles. The highest BCUT2D eigenvalue weighted by Gasteiger charge is 2.03. The second-order valence-corrected chi connectivity index (χ2v) is 4.39. The lowest BCUT2D eigenvalue weighted by atomic mass is 10.1. The summed E-state index contributed by atoms with van der Waals surface area (Å²) in [7, 11) is 0. The Morgan fingerprint density at radius 3 is 3.00 bits per heavy atom. The summed E-state index contributed by atoms with van der Waals surface area (Å²) in [4.78, 5) is 4.02. The molecule has 17 heavy (non-hydrogen) atoms. The molecule has 3 heteroatoms. The van der Waals surface area contributed by atoms with Gasteiger partial charge in [0.05, 0.1) is 6.33 Å². The van der Waals surface area contributed by atoms with E-state index >= 15 is 0 Å². The number of hydrogen-bond donors (Lipinski definition) is 1. The third kappa shape index (κ3) is 3.43. The van der Waals surface area contributed by atoms with Crippen molar-refractivity contribution in [3.63, 3.8) is 0 Å². The molecule has 0 spiro atoms. The fourth-order valence-corrected chi connectivity index (χ4v) is 1.89. The van der Waals surface area contributed by atoms with Crippen LogP contribution < -0.4 is 5.32 Å². The molecule has 1 aromatic heterocycles. The largest absolute Gasteiger partial charge is 0.336 e. The first-order valence-corrected chi connectivity index (χ1v) is 6.01. The van der Waals surface area contributed by atoms with Crippen molar-refractivity contribution in [2.75, 3.05) is 6.54 Å². The first-order chi connectivity index (χ1) is 8.25. The van der Waals surface area contributed by atoms with Gasteiger partial charge < -0.3 is 9.88 Å². The second-order valence-electron chi connectivity index (χ2n) is 4.39. The van der Waals surface area contributed by atoms with Gasteiger partial charge in [0, 0.05) is 31.5 Å². The van der Waals surface area contributed by atoms with E-state index in [1.807, 2.05) is 18.7 Å². The van der Waals surface area contributed by atoms with Crippen molar-refractivity contribution in [2.45, 2.75) is 26.4 Å². The molecule has 1 heterocycles. The van der Waals surface area contributed by atoms with Crippen LogP contribution in [0.1, 0.15) is 24.1 Å². The van der Waals surface area contributed by atoms with Gasteiger partial charge in [0.15, 0.2) is 0 Å². The molecule has 0 saturated heterocycles. The minimum absolute atomic E-state index is 0.387. The number of nitrogens with zero attached hydrogens (tertiary/aromatic N) is 2. The zero-order valence-corrected chi connectivity index (χ0v) is 10.4. The average molecular weight is 229 g/mol. The molecule has 0 radical (unpaired) electrons. The van der Waals surface area contributed by atoms with Gasteiger partial charge in [0.25, 0.3) is 0 Å². The highest BCUT2D eigenvalue weighted by atomic mass is 15.0. The van der Waals surface area contributed by atoms with Gasteiger partial charge >= 0.3 is 0 Å². The van der Waals surface area contributed by atoms with Gasteiger partial charge in [0.2, 0.25) is 0 Å². The van der Waals surface area contributed by atoms with E-state index in [0.29, 0.717) is 6.04 Å². The topological polar surface area (TPSA) is 29.9 Å². The Labute approximate surface area is 103 Å². The molecular formula is C14H19N3. The number of nitrogens with one attached hydrogen (secondary N) is 1. The van der Waals surface area contributed by atoms with Crippen LogP contribution >= 0.6 is 0 Å². The lowest BCUT2D eigenvalue weighted by Crippen LogP contribution is -2.23. The Hall–Kier alpha value is -1.61. The van der Waals surface area contributed by atoms with Crippen molar-refractivity contribution < 1.29 is 0 Å². The summed E-state index contributed by atoms with van der Waals surface area (Å²) in [6.45, 7) is 6.23. The zero-order valence-electron chi connectivity index (χ0n) is 10.4. The SMILES string of the molecule is Cc1cccc(C(C)NCCn2ccnc2)c1. The Balaban J connectivity index is 1.83. The van der Waals surface area contributed by atoms with Crippen LogP contribution in [0, 0.1) is 6.92 Å². The number of hydrogen-bond acceptors (Lipinski definition) is 2. The minimum atomic E-state index is 0.387. The molecule has 0 amide bonds. The summed E-state index contributed by atoms with van der Waals surface area (Å²) < 4.78 is 2.08. The van der Waals surface area contributed by atoms with Crippen LogP contribution in [0.15, 0.2) is 43.0 Å².